The maximum absolute atomic E-state index is 13.2. The largest absolute Gasteiger partial charge is 0.394 e. The quantitative estimate of drug-likeness (QED) is 0.0205. The van der Waals surface area contributed by atoms with Crippen molar-refractivity contribution in [2.24, 2.45) is 0 Å². The summed E-state index contributed by atoms with van der Waals surface area (Å²) in [4.78, 5) is 13.2. The lowest BCUT2D eigenvalue weighted by molar-refractivity contribution is -0.359. The number of rotatable bonds is 48. The number of hydrogen-bond acceptors (Lipinski definition) is 13. The van der Waals surface area contributed by atoms with Crippen LogP contribution in [0.25, 0.3) is 0 Å². The van der Waals surface area contributed by atoms with Crippen molar-refractivity contribution in [2.45, 2.75) is 331 Å². The lowest BCUT2D eigenvalue weighted by atomic mass is 9.97. The fraction of sp³-hybridized carbons (Fsp3) is 0.948. The van der Waals surface area contributed by atoms with Crippen molar-refractivity contribution in [3.63, 3.8) is 0 Å². The van der Waals surface area contributed by atoms with Gasteiger partial charge in [-0.1, -0.05) is 225 Å². The van der Waals surface area contributed by atoms with Gasteiger partial charge in [0.2, 0.25) is 5.91 Å². The number of aliphatic hydroxyl groups is 8. The van der Waals surface area contributed by atoms with E-state index in [0.717, 1.165) is 51.4 Å². The molecular weight excluding hydrogens is 919 g/mol. The monoisotopic (exact) mass is 1030 g/mol. The Balaban J connectivity index is 1.57. The van der Waals surface area contributed by atoms with Crippen molar-refractivity contribution in [1.82, 2.24) is 5.32 Å². The fourth-order valence-corrected chi connectivity index (χ4v) is 10.1. The summed E-state index contributed by atoms with van der Waals surface area (Å²) in [7, 11) is 0. The molecule has 2 aliphatic rings. The van der Waals surface area contributed by atoms with Gasteiger partial charge in [0.25, 0.3) is 0 Å². The van der Waals surface area contributed by atoms with E-state index in [1.165, 1.54) is 180 Å². The Hall–Kier alpha value is -1.27. The minimum atomic E-state index is -1.78. The van der Waals surface area contributed by atoms with Gasteiger partial charge in [0.1, 0.15) is 48.8 Å². The molecule has 1 amide bonds. The van der Waals surface area contributed by atoms with Crippen LogP contribution in [0.1, 0.15) is 258 Å². The zero-order valence-electron chi connectivity index (χ0n) is 45.7. The molecule has 72 heavy (non-hydrogen) atoms. The van der Waals surface area contributed by atoms with Crippen LogP contribution in [0.5, 0.6) is 0 Å². The molecule has 9 N–H and O–H groups in total. The maximum atomic E-state index is 13.2. The average molecular weight is 1030 g/mol. The standard InChI is InChI=1S/C58H111NO13/c1-3-5-7-9-11-12-13-14-15-16-17-18-19-20-21-22-23-24-25-26-27-28-29-30-31-32-33-34-36-38-40-42-50(63)59-46(47(62)41-39-37-35-10-8-6-4-2)45-69-57-55(68)53(66)56(49(44-61)71-57)72-58-54(67)52(65)51(64)48(43-60)70-58/h16-17,46-49,51-58,60-62,64-68H,3-15,18-45H2,1-2H3,(H,59,63)/b17-16-. The van der Waals surface area contributed by atoms with Crippen LogP contribution in [0.15, 0.2) is 12.2 Å². The van der Waals surface area contributed by atoms with Crippen LogP contribution in [0, 0.1) is 0 Å². The van der Waals surface area contributed by atoms with E-state index in [9.17, 15) is 45.6 Å². The molecular formula is C58H111NO13. The second kappa shape index (κ2) is 44.8. The van der Waals surface area contributed by atoms with E-state index >= 15 is 0 Å². The third-order valence-electron chi connectivity index (χ3n) is 15.0. The Morgan fingerprint density at radius 2 is 0.875 bits per heavy atom. The summed E-state index contributed by atoms with van der Waals surface area (Å²) in [6.45, 7) is 2.82. The van der Waals surface area contributed by atoms with Crippen molar-refractivity contribution in [3.8, 4) is 0 Å². The maximum Gasteiger partial charge on any atom is 0.220 e. The molecule has 2 saturated heterocycles. The smallest absolute Gasteiger partial charge is 0.220 e. The predicted molar refractivity (Wildman–Crippen MR) is 286 cm³/mol. The average Bonchev–Trinajstić information content (AvgIpc) is 3.38. The second-order valence-corrected chi connectivity index (χ2v) is 21.5. The number of allylic oxidation sites excluding steroid dienone is 2. The van der Waals surface area contributed by atoms with Crippen LogP contribution in [0.4, 0.5) is 0 Å². The number of ether oxygens (including phenoxy) is 4. The molecule has 2 fully saturated rings. The molecule has 2 heterocycles. The van der Waals surface area contributed by atoms with Gasteiger partial charge in [0.15, 0.2) is 12.6 Å². The van der Waals surface area contributed by atoms with Crippen molar-refractivity contribution < 1.29 is 64.6 Å². The summed E-state index contributed by atoms with van der Waals surface area (Å²) >= 11 is 0. The van der Waals surface area contributed by atoms with Gasteiger partial charge in [-0.3, -0.25) is 4.79 Å². The van der Waals surface area contributed by atoms with E-state index < -0.39 is 86.8 Å². The lowest BCUT2D eigenvalue weighted by Crippen LogP contribution is -2.65. The summed E-state index contributed by atoms with van der Waals surface area (Å²) in [6.07, 6.45) is 34.2. The molecule has 0 aromatic carbocycles. The van der Waals surface area contributed by atoms with E-state index in [2.05, 4.69) is 31.3 Å². The first kappa shape index (κ1) is 66.8. The molecule has 2 rings (SSSR count). The van der Waals surface area contributed by atoms with Crippen molar-refractivity contribution in [3.05, 3.63) is 12.2 Å². The Morgan fingerprint density at radius 3 is 1.32 bits per heavy atom. The molecule has 14 heteroatoms. The highest BCUT2D eigenvalue weighted by molar-refractivity contribution is 5.76. The summed E-state index contributed by atoms with van der Waals surface area (Å²) in [6, 6.07) is -0.821. The highest BCUT2D eigenvalue weighted by atomic mass is 16.7. The van der Waals surface area contributed by atoms with Gasteiger partial charge in [0.05, 0.1) is 32.0 Å². The van der Waals surface area contributed by atoms with Gasteiger partial charge in [-0.25, -0.2) is 0 Å². The normalized spacial score (nSPS) is 25.6. The van der Waals surface area contributed by atoms with Crippen molar-refractivity contribution in [2.75, 3.05) is 19.8 Å². The number of nitrogens with one attached hydrogen (secondary N) is 1. The van der Waals surface area contributed by atoms with Crippen LogP contribution in [-0.4, -0.2) is 140 Å². The lowest BCUT2D eigenvalue weighted by Gasteiger charge is -2.46. The number of amides is 1. The molecule has 2 aliphatic heterocycles. The summed E-state index contributed by atoms with van der Waals surface area (Å²) in [5, 5.41) is 86.8. The molecule has 426 valence electrons. The number of unbranched alkanes of at least 4 members (excludes halogenated alkanes) is 33. The van der Waals surface area contributed by atoms with E-state index in [1.54, 1.807) is 0 Å². The first-order valence-electron chi connectivity index (χ1n) is 29.9. The van der Waals surface area contributed by atoms with Crippen LogP contribution < -0.4 is 5.32 Å². The summed E-state index contributed by atoms with van der Waals surface area (Å²) in [5.41, 5.74) is 0. The van der Waals surface area contributed by atoms with Gasteiger partial charge in [-0.2, -0.15) is 0 Å². The molecule has 0 aromatic heterocycles. The Kier molecular flexibility index (Phi) is 41.6. The Morgan fingerprint density at radius 1 is 0.486 bits per heavy atom. The third-order valence-corrected chi connectivity index (χ3v) is 15.0. The van der Waals surface area contributed by atoms with Crippen molar-refractivity contribution >= 4 is 5.91 Å². The highest BCUT2D eigenvalue weighted by Gasteiger charge is 2.51. The zero-order chi connectivity index (χ0) is 52.4. The molecule has 14 nitrogen and oxygen atoms in total. The van der Waals surface area contributed by atoms with Crippen LogP contribution in [0.2, 0.25) is 0 Å². The van der Waals surface area contributed by atoms with E-state index in [1.807, 2.05) is 0 Å². The number of aliphatic hydroxyl groups excluding tert-OH is 8. The molecule has 0 saturated carbocycles. The van der Waals surface area contributed by atoms with Gasteiger partial charge < -0.3 is 65.1 Å². The summed E-state index contributed by atoms with van der Waals surface area (Å²) in [5.74, 6) is -0.206. The SMILES string of the molecule is CCCCCCCCCC/C=C\CCCCCCCCCCCCCCCCCCCCCC(=O)NC(COC1OC(CO)C(OC2OC(CO)C(O)C(O)C2O)C(O)C1O)C(O)CCCCCCCCC. The molecule has 0 spiro atoms. The van der Waals surface area contributed by atoms with E-state index in [4.69, 9.17) is 18.9 Å². The molecule has 0 aromatic rings. The second-order valence-electron chi connectivity index (χ2n) is 21.5. The first-order valence-corrected chi connectivity index (χ1v) is 29.9. The molecule has 12 unspecified atom stereocenters. The molecule has 0 bridgehead atoms. The minimum absolute atomic E-state index is 0.206. The van der Waals surface area contributed by atoms with E-state index in [-0.39, 0.29) is 12.5 Å². The van der Waals surface area contributed by atoms with Crippen LogP contribution in [0.3, 0.4) is 0 Å². The van der Waals surface area contributed by atoms with Gasteiger partial charge in [0, 0.05) is 6.42 Å². The highest BCUT2D eigenvalue weighted by Crippen LogP contribution is 2.30. The summed E-state index contributed by atoms with van der Waals surface area (Å²) < 4.78 is 22.7. The Bertz CT molecular complexity index is 1260. The van der Waals surface area contributed by atoms with Crippen molar-refractivity contribution in [1.29, 1.82) is 0 Å². The van der Waals surface area contributed by atoms with Crippen LogP contribution in [-0.2, 0) is 23.7 Å². The molecule has 12 atom stereocenters. The van der Waals surface area contributed by atoms with Crippen LogP contribution >= 0.6 is 0 Å². The third kappa shape index (κ3) is 30.5. The van der Waals surface area contributed by atoms with E-state index in [0.29, 0.717) is 12.8 Å². The van der Waals surface area contributed by atoms with Gasteiger partial charge in [-0.15, -0.1) is 0 Å². The van der Waals surface area contributed by atoms with Gasteiger partial charge >= 0.3 is 0 Å². The fourth-order valence-electron chi connectivity index (χ4n) is 10.1. The number of carbonyl (C=O) groups is 1. The molecule has 0 radical (unpaired) electrons. The Labute approximate surface area is 437 Å². The first-order chi connectivity index (χ1) is 35.1. The van der Waals surface area contributed by atoms with Gasteiger partial charge in [-0.05, 0) is 38.5 Å². The zero-order valence-corrected chi connectivity index (χ0v) is 45.7. The molecule has 0 aliphatic carbocycles. The minimum Gasteiger partial charge on any atom is -0.394 e. The predicted octanol–water partition coefficient (Wildman–Crippen LogP) is 9.89. The number of hydrogen-bond donors (Lipinski definition) is 9. The number of carbonyl (C=O) groups excluding carboxylic acids is 1. The topological polar surface area (TPSA) is 228 Å².